The van der Waals surface area contributed by atoms with Gasteiger partial charge in [-0.25, -0.2) is 4.98 Å². The predicted molar refractivity (Wildman–Crippen MR) is 103 cm³/mol. The summed E-state index contributed by atoms with van der Waals surface area (Å²) in [4.78, 5) is 21.5. The van der Waals surface area contributed by atoms with Gasteiger partial charge in [0, 0.05) is 24.2 Å². The molecule has 26 heavy (non-hydrogen) atoms. The van der Waals surface area contributed by atoms with Gasteiger partial charge in [0.05, 0.1) is 0 Å². The Balaban J connectivity index is 1.82. The fourth-order valence-electron chi connectivity index (χ4n) is 3.08. The minimum Gasteiger partial charge on any atom is -0.392 e. The third-order valence-electron chi connectivity index (χ3n) is 4.45. The molecule has 3 aromatic heterocycles. The summed E-state index contributed by atoms with van der Waals surface area (Å²) in [5.74, 6) is 0. The molecule has 0 aliphatic carbocycles. The van der Waals surface area contributed by atoms with Crippen molar-refractivity contribution in [1.82, 2.24) is 14.4 Å². The first-order valence-electron chi connectivity index (χ1n) is 8.48. The maximum absolute atomic E-state index is 12.7. The highest BCUT2D eigenvalue weighted by Crippen LogP contribution is 2.22. The number of anilines is 1. The van der Waals surface area contributed by atoms with Crippen LogP contribution in [0.3, 0.4) is 0 Å². The molecule has 2 N–H and O–H groups in total. The molecule has 4 aromatic rings. The molecule has 0 fully saturated rings. The largest absolute Gasteiger partial charge is 0.392 e. The van der Waals surface area contributed by atoms with E-state index in [0.29, 0.717) is 11.3 Å². The SMILES string of the molecule is Nc1c(-c2ccncc2)nc2c(CCc3ccccc3)cccn2c1=O. The Bertz CT molecular complexity index is 1110. The van der Waals surface area contributed by atoms with Crippen LogP contribution in [-0.2, 0) is 12.8 Å². The Hall–Kier alpha value is -3.47. The van der Waals surface area contributed by atoms with Crippen LogP contribution in [0.25, 0.3) is 16.9 Å². The number of hydrogen-bond acceptors (Lipinski definition) is 4. The van der Waals surface area contributed by atoms with E-state index in [-0.39, 0.29) is 11.2 Å². The average Bonchev–Trinajstić information content (AvgIpc) is 2.70. The molecule has 128 valence electrons. The lowest BCUT2D eigenvalue weighted by Crippen LogP contribution is -2.21. The van der Waals surface area contributed by atoms with Crippen LogP contribution < -0.4 is 11.3 Å². The van der Waals surface area contributed by atoms with Crippen molar-refractivity contribution >= 4 is 11.3 Å². The lowest BCUT2D eigenvalue weighted by atomic mass is 10.0. The van der Waals surface area contributed by atoms with Gasteiger partial charge in [-0.05, 0) is 42.2 Å². The van der Waals surface area contributed by atoms with Crippen LogP contribution in [-0.4, -0.2) is 14.4 Å². The second kappa shape index (κ2) is 6.80. The summed E-state index contributed by atoms with van der Waals surface area (Å²) in [6, 6.07) is 17.8. The first-order chi connectivity index (χ1) is 12.7. The molecule has 1 aromatic carbocycles. The molecule has 0 bridgehead atoms. The zero-order valence-corrected chi connectivity index (χ0v) is 14.2. The second-order valence-corrected chi connectivity index (χ2v) is 6.13. The zero-order chi connectivity index (χ0) is 17.9. The van der Waals surface area contributed by atoms with Crippen molar-refractivity contribution in [3.8, 4) is 11.3 Å². The van der Waals surface area contributed by atoms with Crippen molar-refractivity contribution in [2.45, 2.75) is 12.8 Å². The highest BCUT2D eigenvalue weighted by molar-refractivity contribution is 5.74. The summed E-state index contributed by atoms with van der Waals surface area (Å²) < 4.78 is 1.53. The van der Waals surface area contributed by atoms with Crippen LogP contribution in [0, 0.1) is 0 Å². The maximum Gasteiger partial charge on any atom is 0.281 e. The van der Waals surface area contributed by atoms with E-state index in [1.54, 1.807) is 30.7 Å². The molecule has 0 spiro atoms. The number of nitrogens with two attached hydrogens (primary N) is 1. The van der Waals surface area contributed by atoms with E-state index in [1.807, 2.05) is 30.3 Å². The van der Waals surface area contributed by atoms with Crippen molar-refractivity contribution in [2.24, 2.45) is 0 Å². The molecule has 0 saturated carbocycles. The molecule has 0 radical (unpaired) electrons. The number of hydrogen-bond donors (Lipinski definition) is 1. The Labute approximate surface area is 150 Å². The minimum atomic E-state index is -0.247. The van der Waals surface area contributed by atoms with Crippen molar-refractivity contribution in [3.63, 3.8) is 0 Å². The van der Waals surface area contributed by atoms with Crippen LogP contribution in [0.4, 0.5) is 5.69 Å². The van der Waals surface area contributed by atoms with Crippen molar-refractivity contribution in [2.75, 3.05) is 5.73 Å². The standard InChI is InChI=1S/C21H18N4O/c22-18-19(16-10-12-23-13-11-16)24-20-17(7-4-14-25(20)21(18)26)9-8-15-5-2-1-3-6-15/h1-7,10-14H,8-9,22H2. The van der Waals surface area contributed by atoms with Gasteiger partial charge in [0.15, 0.2) is 0 Å². The molecule has 3 heterocycles. The van der Waals surface area contributed by atoms with E-state index < -0.39 is 0 Å². The number of nitrogen functional groups attached to an aromatic ring is 1. The van der Waals surface area contributed by atoms with Crippen molar-refractivity contribution in [1.29, 1.82) is 0 Å². The monoisotopic (exact) mass is 342 g/mol. The molecule has 5 nitrogen and oxygen atoms in total. The molecular formula is C21H18N4O. The molecular weight excluding hydrogens is 324 g/mol. The van der Waals surface area contributed by atoms with Crippen LogP contribution >= 0.6 is 0 Å². The molecule has 0 amide bonds. The summed E-state index contributed by atoms with van der Waals surface area (Å²) in [5, 5.41) is 0. The van der Waals surface area contributed by atoms with E-state index >= 15 is 0 Å². The number of aryl methyl sites for hydroxylation is 2. The molecule has 0 unspecified atom stereocenters. The van der Waals surface area contributed by atoms with Gasteiger partial charge in [-0.15, -0.1) is 0 Å². The zero-order valence-electron chi connectivity index (χ0n) is 14.2. The first-order valence-corrected chi connectivity index (χ1v) is 8.48. The second-order valence-electron chi connectivity index (χ2n) is 6.13. The molecule has 0 atom stereocenters. The fraction of sp³-hybridized carbons (Fsp3) is 0.0952. The van der Waals surface area contributed by atoms with Crippen LogP contribution in [0.2, 0.25) is 0 Å². The van der Waals surface area contributed by atoms with E-state index in [4.69, 9.17) is 10.7 Å². The fourth-order valence-corrected chi connectivity index (χ4v) is 3.08. The van der Waals surface area contributed by atoms with E-state index in [1.165, 1.54) is 9.96 Å². The molecule has 0 saturated heterocycles. The highest BCUT2D eigenvalue weighted by atomic mass is 16.1. The van der Waals surface area contributed by atoms with Gasteiger partial charge >= 0.3 is 0 Å². The van der Waals surface area contributed by atoms with Crippen molar-refractivity contribution in [3.05, 3.63) is 94.7 Å². The summed E-state index contributed by atoms with van der Waals surface area (Å²) in [5.41, 5.74) is 10.2. The van der Waals surface area contributed by atoms with Crippen LogP contribution in [0.1, 0.15) is 11.1 Å². The minimum absolute atomic E-state index is 0.147. The van der Waals surface area contributed by atoms with Gasteiger partial charge in [-0.2, -0.15) is 0 Å². The molecule has 4 rings (SSSR count). The normalized spacial score (nSPS) is 10.9. The number of aromatic nitrogens is 3. The number of nitrogens with zero attached hydrogens (tertiary/aromatic N) is 3. The third kappa shape index (κ3) is 2.95. The maximum atomic E-state index is 12.7. The first kappa shape index (κ1) is 16.0. The molecule has 5 heteroatoms. The summed E-state index contributed by atoms with van der Waals surface area (Å²) in [6.45, 7) is 0. The van der Waals surface area contributed by atoms with Gasteiger partial charge in [0.2, 0.25) is 0 Å². The van der Waals surface area contributed by atoms with Crippen LogP contribution in [0.15, 0.2) is 78.0 Å². The third-order valence-corrected chi connectivity index (χ3v) is 4.45. The summed E-state index contributed by atoms with van der Waals surface area (Å²) in [7, 11) is 0. The number of benzene rings is 1. The number of fused-ring (bicyclic) bond motifs is 1. The predicted octanol–water partition coefficient (Wildman–Crippen LogP) is 3.12. The Morgan fingerprint density at radius 2 is 1.69 bits per heavy atom. The molecule has 0 aliphatic rings. The topological polar surface area (TPSA) is 73.3 Å². The lowest BCUT2D eigenvalue weighted by molar-refractivity contribution is 0.936. The van der Waals surface area contributed by atoms with Gasteiger partial charge < -0.3 is 5.73 Å². The molecule has 0 aliphatic heterocycles. The lowest BCUT2D eigenvalue weighted by Gasteiger charge is -2.11. The smallest absolute Gasteiger partial charge is 0.281 e. The van der Waals surface area contributed by atoms with Gasteiger partial charge in [-0.1, -0.05) is 36.4 Å². The van der Waals surface area contributed by atoms with Gasteiger partial charge in [0.25, 0.3) is 5.56 Å². The van der Waals surface area contributed by atoms with Gasteiger partial charge in [-0.3, -0.25) is 14.2 Å². The summed E-state index contributed by atoms with van der Waals surface area (Å²) >= 11 is 0. The van der Waals surface area contributed by atoms with E-state index in [0.717, 1.165) is 24.0 Å². The average molecular weight is 342 g/mol. The van der Waals surface area contributed by atoms with Crippen LogP contribution in [0.5, 0.6) is 0 Å². The summed E-state index contributed by atoms with van der Waals surface area (Å²) in [6.07, 6.45) is 6.72. The Morgan fingerprint density at radius 3 is 2.46 bits per heavy atom. The highest BCUT2D eigenvalue weighted by Gasteiger charge is 2.13. The Morgan fingerprint density at radius 1 is 0.923 bits per heavy atom. The Kier molecular flexibility index (Phi) is 4.19. The van der Waals surface area contributed by atoms with Gasteiger partial charge in [0.1, 0.15) is 17.0 Å². The number of pyridine rings is 2. The van der Waals surface area contributed by atoms with Crippen molar-refractivity contribution < 1.29 is 0 Å². The number of rotatable bonds is 4. The van der Waals surface area contributed by atoms with E-state index in [2.05, 4.69) is 17.1 Å². The van der Waals surface area contributed by atoms with E-state index in [9.17, 15) is 4.79 Å². The quantitative estimate of drug-likeness (QED) is 0.618.